The fourth-order valence-corrected chi connectivity index (χ4v) is 5.56. The number of hydrogen-bond donors (Lipinski definition) is 1. The molecule has 0 radical (unpaired) electrons. The van der Waals surface area contributed by atoms with E-state index in [1.54, 1.807) is 11.3 Å². The summed E-state index contributed by atoms with van der Waals surface area (Å²) in [5.41, 5.74) is 2.72. The molecular formula is C17H19NOS2. The zero-order valence-corrected chi connectivity index (χ0v) is 13.6. The SMILES string of the molecule is O=C(NC1CCCCC1)c1cc2c(s1)-c1ccsc1CC2. The van der Waals surface area contributed by atoms with Gasteiger partial charge in [0.15, 0.2) is 0 Å². The average Bonchev–Trinajstić information content (AvgIpc) is 3.14. The van der Waals surface area contributed by atoms with Crippen LogP contribution in [-0.4, -0.2) is 11.9 Å². The Kier molecular flexibility index (Phi) is 3.59. The molecule has 4 heteroatoms. The summed E-state index contributed by atoms with van der Waals surface area (Å²) in [6.45, 7) is 0. The average molecular weight is 317 g/mol. The maximum Gasteiger partial charge on any atom is 0.261 e. The highest BCUT2D eigenvalue weighted by Gasteiger charge is 2.23. The van der Waals surface area contributed by atoms with Gasteiger partial charge in [0.05, 0.1) is 4.88 Å². The molecule has 0 aliphatic heterocycles. The van der Waals surface area contributed by atoms with Crippen LogP contribution in [0.5, 0.6) is 0 Å². The molecule has 110 valence electrons. The maximum atomic E-state index is 12.5. The van der Waals surface area contributed by atoms with Crippen LogP contribution in [0.3, 0.4) is 0 Å². The molecule has 0 unspecified atom stereocenters. The normalized spacial score (nSPS) is 18.1. The number of rotatable bonds is 2. The topological polar surface area (TPSA) is 29.1 Å². The van der Waals surface area contributed by atoms with Gasteiger partial charge in [0.25, 0.3) is 5.91 Å². The van der Waals surface area contributed by atoms with Crippen LogP contribution in [0.15, 0.2) is 17.5 Å². The van der Waals surface area contributed by atoms with Crippen LogP contribution in [0.25, 0.3) is 10.4 Å². The van der Waals surface area contributed by atoms with Crippen LogP contribution >= 0.6 is 22.7 Å². The van der Waals surface area contributed by atoms with Crippen LogP contribution in [0.2, 0.25) is 0 Å². The van der Waals surface area contributed by atoms with Crippen molar-refractivity contribution in [1.29, 1.82) is 0 Å². The number of carbonyl (C=O) groups excluding carboxylic acids is 1. The smallest absolute Gasteiger partial charge is 0.261 e. The Labute approximate surface area is 133 Å². The Morgan fingerprint density at radius 2 is 2.05 bits per heavy atom. The monoisotopic (exact) mass is 317 g/mol. The van der Waals surface area contributed by atoms with E-state index in [4.69, 9.17) is 0 Å². The number of nitrogens with one attached hydrogen (secondary N) is 1. The van der Waals surface area contributed by atoms with Crippen molar-refractivity contribution in [2.75, 3.05) is 0 Å². The second-order valence-electron chi connectivity index (χ2n) is 6.03. The van der Waals surface area contributed by atoms with Crippen molar-refractivity contribution in [3.05, 3.63) is 32.8 Å². The van der Waals surface area contributed by atoms with Crippen LogP contribution < -0.4 is 5.32 Å². The lowest BCUT2D eigenvalue weighted by Gasteiger charge is -2.22. The Bertz CT molecular complexity index is 664. The van der Waals surface area contributed by atoms with Crippen molar-refractivity contribution >= 4 is 28.6 Å². The van der Waals surface area contributed by atoms with Crippen molar-refractivity contribution in [1.82, 2.24) is 5.32 Å². The molecule has 1 N–H and O–H groups in total. The number of thiophene rings is 2. The molecule has 0 aromatic carbocycles. The minimum absolute atomic E-state index is 0.137. The molecule has 2 aliphatic rings. The lowest BCUT2D eigenvalue weighted by molar-refractivity contribution is 0.0932. The molecular weight excluding hydrogens is 298 g/mol. The van der Waals surface area contributed by atoms with E-state index in [1.165, 1.54) is 40.1 Å². The zero-order chi connectivity index (χ0) is 14.2. The third-order valence-electron chi connectivity index (χ3n) is 4.58. The molecule has 0 bridgehead atoms. The standard InChI is InChI=1S/C17H19NOS2/c19-17(18-12-4-2-1-3-5-12)15-10-11-6-7-14-13(8-9-20-14)16(11)21-15/h8-10,12H,1-7H2,(H,18,19). The number of fused-ring (bicyclic) bond motifs is 3. The van der Waals surface area contributed by atoms with E-state index in [1.807, 2.05) is 11.3 Å². The van der Waals surface area contributed by atoms with E-state index in [0.717, 1.165) is 30.6 Å². The summed E-state index contributed by atoms with van der Waals surface area (Å²) in [5.74, 6) is 0.137. The Hall–Kier alpha value is -1.13. The third-order valence-corrected chi connectivity index (χ3v) is 6.77. The molecule has 2 aromatic rings. The van der Waals surface area contributed by atoms with Crippen molar-refractivity contribution < 1.29 is 4.79 Å². The molecule has 2 heterocycles. The zero-order valence-electron chi connectivity index (χ0n) is 12.0. The van der Waals surface area contributed by atoms with Gasteiger partial charge in [-0.15, -0.1) is 22.7 Å². The summed E-state index contributed by atoms with van der Waals surface area (Å²) < 4.78 is 0. The second kappa shape index (κ2) is 5.58. The van der Waals surface area contributed by atoms with Gasteiger partial charge in [-0.1, -0.05) is 19.3 Å². The number of hydrogen-bond acceptors (Lipinski definition) is 3. The van der Waals surface area contributed by atoms with E-state index in [-0.39, 0.29) is 5.91 Å². The number of carbonyl (C=O) groups is 1. The van der Waals surface area contributed by atoms with Gasteiger partial charge in [0.1, 0.15) is 0 Å². The summed E-state index contributed by atoms with van der Waals surface area (Å²) in [6, 6.07) is 4.72. The Balaban J connectivity index is 1.56. The first kappa shape index (κ1) is 13.5. The van der Waals surface area contributed by atoms with Crippen LogP contribution in [-0.2, 0) is 12.8 Å². The molecule has 0 spiro atoms. The molecule has 21 heavy (non-hydrogen) atoms. The van der Waals surface area contributed by atoms with Gasteiger partial charge < -0.3 is 5.32 Å². The molecule has 0 saturated heterocycles. The summed E-state index contributed by atoms with van der Waals surface area (Å²) in [5, 5.41) is 5.40. The van der Waals surface area contributed by atoms with Crippen molar-refractivity contribution in [3.63, 3.8) is 0 Å². The van der Waals surface area contributed by atoms with Crippen LogP contribution in [0.1, 0.15) is 52.2 Å². The molecule has 1 saturated carbocycles. The van der Waals surface area contributed by atoms with Gasteiger partial charge in [-0.25, -0.2) is 0 Å². The quantitative estimate of drug-likeness (QED) is 0.859. The van der Waals surface area contributed by atoms with Gasteiger partial charge in [-0.05, 0) is 48.8 Å². The first-order chi connectivity index (χ1) is 10.3. The molecule has 2 nitrogen and oxygen atoms in total. The lowest BCUT2D eigenvalue weighted by atomic mass is 9.95. The van der Waals surface area contributed by atoms with Gasteiger partial charge in [-0.2, -0.15) is 0 Å². The summed E-state index contributed by atoms with van der Waals surface area (Å²) >= 11 is 3.52. The summed E-state index contributed by atoms with van der Waals surface area (Å²) in [6.07, 6.45) is 8.32. The largest absolute Gasteiger partial charge is 0.349 e. The van der Waals surface area contributed by atoms with Crippen molar-refractivity contribution in [3.8, 4) is 10.4 Å². The highest BCUT2D eigenvalue weighted by molar-refractivity contribution is 7.18. The third kappa shape index (κ3) is 2.55. The number of aryl methyl sites for hydroxylation is 2. The number of amides is 1. The summed E-state index contributed by atoms with van der Waals surface area (Å²) in [4.78, 5) is 16.2. The van der Waals surface area contributed by atoms with Crippen molar-refractivity contribution in [2.45, 2.75) is 51.0 Å². The highest BCUT2D eigenvalue weighted by Crippen LogP contribution is 2.41. The molecule has 1 amide bonds. The fourth-order valence-electron chi connectivity index (χ4n) is 3.44. The van der Waals surface area contributed by atoms with E-state index >= 15 is 0 Å². The Morgan fingerprint density at radius 3 is 2.90 bits per heavy atom. The molecule has 4 rings (SSSR count). The predicted molar refractivity (Wildman–Crippen MR) is 89.4 cm³/mol. The van der Waals surface area contributed by atoms with Crippen LogP contribution in [0, 0.1) is 0 Å². The second-order valence-corrected chi connectivity index (χ2v) is 8.08. The van der Waals surface area contributed by atoms with E-state index < -0.39 is 0 Å². The Morgan fingerprint density at radius 1 is 1.19 bits per heavy atom. The van der Waals surface area contributed by atoms with Crippen LogP contribution in [0.4, 0.5) is 0 Å². The first-order valence-electron chi connectivity index (χ1n) is 7.81. The predicted octanol–water partition coefficient (Wildman–Crippen LogP) is 4.64. The molecule has 1 fully saturated rings. The van der Waals surface area contributed by atoms with Gasteiger partial charge >= 0.3 is 0 Å². The first-order valence-corrected chi connectivity index (χ1v) is 9.51. The van der Waals surface area contributed by atoms with Gasteiger partial charge in [-0.3, -0.25) is 4.79 Å². The molecule has 0 atom stereocenters. The lowest BCUT2D eigenvalue weighted by Crippen LogP contribution is -2.35. The van der Waals surface area contributed by atoms with E-state index in [0.29, 0.717) is 6.04 Å². The summed E-state index contributed by atoms with van der Waals surface area (Å²) in [7, 11) is 0. The van der Waals surface area contributed by atoms with Crippen molar-refractivity contribution in [2.24, 2.45) is 0 Å². The fraction of sp³-hybridized carbons (Fsp3) is 0.471. The minimum atomic E-state index is 0.137. The molecule has 2 aromatic heterocycles. The minimum Gasteiger partial charge on any atom is -0.349 e. The molecule has 2 aliphatic carbocycles. The van der Waals surface area contributed by atoms with E-state index in [2.05, 4.69) is 22.8 Å². The van der Waals surface area contributed by atoms with Gasteiger partial charge in [0, 0.05) is 21.4 Å². The highest BCUT2D eigenvalue weighted by atomic mass is 32.1. The maximum absolute atomic E-state index is 12.5. The van der Waals surface area contributed by atoms with Gasteiger partial charge in [0.2, 0.25) is 0 Å². The van der Waals surface area contributed by atoms with E-state index in [9.17, 15) is 4.79 Å².